The van der Waals surface area contributed by atoms with Crippen LogP contribution in [0.2, 0.25) is 0 Å². The van der Waals surface area contributed by atoms with Gasteiger partial charge in [-0.15, -0.1) is 13.2 Å². The lowest BCUT2D eigenvalue weighted by Gasteiger charge is -2.12. The van der Waals surface area contributed by atoms with Crippen molar-refractivity contribution in [3.05, 3.63) is 71.9 Å². The summed E-state index contributed by atoms with van der Waals surface area (Å²) in [7, 11) is 0. The number of pyridine rings is 1. The number of rotatable bonds is 6. The minimum Gasteiger partial charge on any atom is -0.481 e. The van der Waals surface area contributed by atoms with Gasteiger partial charge in [0.05, 0.1) is 6.42 Å². The number of aromatic nitrogens is 4. The number of carbonyl (C=O) groups is 1. The largest absolute Gasteiger partial charge is 0.573 e. The van der Waals surface area contributed by atoms with E-state index in [1.54, 1.807) is 6.07 Å². The quantitative estimate of drug-likeness (QED) is 0.238. The minimum absolute atomic E-state index is 0.0286. The second kappa shape index (κ2) is 9.22. The van der Waals surface area contributed by atoms with Crippen LogP contribution >= 0.6 is 0 Å². The van der Waals surface area contributed by atoms with Crippen molar-refractivity contribution in [1.29, 1.82) is 0 Å². The lowest BCUT2D eigenvalue weighted by molar-refractivity contribution is -0.274. The first-order chi connectivity index (χ1) is 18.6. The fourth-order valence-electron chi connectivity index (χ4n) is 5.02. The molecule has 6 rings (SSSR count). The number of alkyl halides is 3. The van der Waals surface area contributed by atoms with Gasteiger partial charge in [-0.25, -0.2) is 4.39 Å². The van der Waals surface area contributed by atoms with Crippen molar-refractivity contribution >= 4 is 16.9 Å². The fraction of sp³-hybridized carbons (Fsp3) is 0.185. The van der Waals surface area contributed by atoms with E-state index < -0.39 is 23.9 Å². The molecule has 2 N–H and O–H groups in total. The number of nitrogens with zero attached hydrogens (tertiary/aromatic N) is 3. The zero-order valence-electron chi connectivity index (χ0n) is 19.9. The second-order valence-corrected chi connectivity index (χ2v) is 9.18. The molecule has 0 aliphatic heterocycles. The van der Waals surface area contributed by atoms with Crippen molar-refractivity contribution in [1.82, 2.24) is 20.1 Å². The number of nitrogens with one attached hydrogen (secondary N) is 1. The van der Waals surface area contributed by atoms with Crippen molar-refractivity contribution in [2.75, 3.05) is 0 Å². The molecule has 8 nitrogen and oxygen atoms in total. The highest BCUT2D eigenvalue weighted by molar-refractivity contribution is 5.89. The van der Waals surface area contributed by atoms with Crippen molar-refractivity contribution in [2.24, 2.45) is 0 Å². The fourth-order valence-corrected chi connectivity index (χ4v) is 5.02. The summed E-state index contributed by atoms with van der Waals surface area (Å²) in [4.78, 5) is 22.8. The van der Waals surface area contributed by atoms with Crippen molar-refractivity contribution in [3.8, 4) is 39.7 Å². The molecule has 1 aliphatic rings. The highest BCUT2D eigenvalue weighted by Gasteiger charge is 2.32. The standard InChI is InChI=1S/C27H18F4N4O4/c28-21-5-6-32-12-20(21)15-7-16(9-17(8-15)38-27(29,30)31)26-34-25(35-39-26)14-2-4-22-19(10-14)18-3-1-13(11-23(36)37)24(18)33-22/h2,4-10,12-13,33H,1,3,11H2,(H,36,37). The molecule has 3 heterocycles. The lowest BCUT2D eigenvalue weighted by atomic mass is 10.0. The molecule has 1 atom stereocenters. The Bertz CT molecular complexity index is 1730. The Morgan fingerprint density at radius 3 is 2.72 bits per heavy atom. The molecule has 0 amide bonds. The molecular weight excluding hydrogens is 520 g/mol. The summed E-state index contributed by atoms with van der Waals surface area (Å²) in [5, 5.41) is 14.1. The maximum Gasteiger partial charge on any atom is 0.573 e. The van der Waals surface area contributed by atoms with E-state index in [9.17, 15) is 27.5 Å². The van der Waals surface area contributed by atoms with Gasteiger partial charge >= 0.3 is 12.3 Å². The summed E-state index contributed by atoms with van der Waals surface area (Å²) >= 11 is 0. The maximum atomic E-state index is 14.4. The number of hydrogen-bond acceptors (Lipinski definition) is 6. The average Bonchev–Trinajstić information content (AvgIpc) is 3.59. The number of H-pyrrole nitrogens is 1. The van der Waals surface area contributed by atoms with Gasteiger partial charge in [0, 0.05) is 51.6 Å². The first kappa shape index (κ1) is 24.6. The molecule has 0 saturated heterocycles. The highest BCUT2D eigenvalue weighted by atomic mass is 19.4. The number of aliphatic carboxylic acids is 1. The van der Waals surface area contributed by atoms with Crippen molar-refractivity contribution in [3.63, 3.8) is 0 Å². The van der Waals surface area contributed by atoms with Crippen LogP contribution in [0.15, 0.2) is 59.4 Å². The number of carboxylic acids is 1. The number of hydrogen-bond donors (Lipinski definition) is 2. The Morgan fingerprint density at radius 1 is 1.13 bits per heavy atom. The number of aromatic amines is 1. The van der Waals surface area contributed by atoms with E-state index in [-0.39, 0.29) is 40.7 Å². The van der Waals surface area contributed by atoms with Crippen LogP contribution in [-0.4, -0.2) is 37.5 Å². The number of ether oxygens (including phenoxy) is 1. The summed E-state index contributed by atoms with van der Waals surface area (Å²) in [6.45, 7) is 0. The number of benzene rings is 2. The maximum absolute atomic E-state index is 14.4. The first-order valence-corrected chi connectivity index (χ1v) is 11.9. The Hall–Kier alpha value is -4.74. The third kappa shape index (κ3) is 4.80. The average molecular weight is 538 g/mol. The van der Waals surface area contributed by atoms with E-state index >= 15 is 0 Å². The molecule has 5 aromatic rings. The number of aryl methyl sites for hydroxylation is 1. The third-order valence-electron chi connectivity index (χ3n) is 6.66. The predicted molar refractivity (Wildman–Crippen MR) is 130 cm³/mol. The third-order valence-corrected chi connectivity index (χ3v) is 6.66. The molecule has 0 radical (unpaired) electrons. The molecule has 0 bridgehead atoms. The van der Waals surface area contributed by atoms with Crippen LogP contribution in [0.5, 0.6) is 5.75 Å². The lowest BCUT2D eigenvalue weighted by Crippen LogP contribution is -2.17. The normalized spacial score (nSPS) is 15.0. The number of halogens is 4. The SMILES string of the molecule is O=C(O)CC1CCc2c1[nH]c1ccc(-c3noc(-c4cc(OC(F)(F)F)cc(-c5cnccc5F)c4)n3)cc21. The van der Waals surface area contributed by atoms with E-state index in [4.69, 9.17) is 4.52 Å². The second-order valence-electron chi connectivity index (χ2n) is 9.18. The number of fused-ring (bicyclic) bond motifs is 3. The molecule has 0 saturated carbocycles. The van der Waals surface area contributed by atoms with E-state index in [0.717, 1.165) is 53.2 Å². The summed E-state index contributed by atoms with van der Waals surface area (Å²) in [6.07, 6.45) is -1.05. The van der Waals surface area contributed by atoms with Crippen LogP contribution in [0.25, 0.3) is 44.9 Å². The molecule has 0 spiro atoms. The van der Waals surface area contributed by atoms with E-state index in [1.807, 2.05) is 12.1 Å². The molecule has 0 fully saturated rings. The minimum atomic E-state index is -4.97. The summed E-state index contributed by atoms with van der Waals surface area (Å²) in [5.74, 6) is -2.11. The highest BCUT2D eigenvalue weighted by Crippen LogP contribution is 2.41. The van der Waals surface area contributed by atoms with Gasteiger partial charge in [0.15, 0.2) is 0 Å². The van der Waals surface area contributed by atoms with Gasteiger partial charge in [-0.05, 0) is 66.4 Å². The summed E-state index contributed by atoms with van der Waals surface area (Å²) < 4.78 is 62.9. The van der Waals surface area contributed by atoms with E-state index in [0.29, 0.717) is 5.56 Å². The Kier molecular flexibility index (Phi) is 5.82. The van der Waals surface area contributed by atoms with Crippen LogP contribution in [0.4, 0.5) is 17.6 Å². The molecular formula is C27H18F4N4O4. The number of carboxylic acid groups (broad SMARTS) is 1. The Morgan fingerprint density at radius 2 is 1.95 bits per heavy atom. The van der Waals surface area contributed by atoms with Gasteiger partial charge in [0.2, 0.25) is 5.82 Å². The van der Waals surface area contributed by atoms with E-state index in [2.05, 4.69) is 24.8 Å². The predicted octanol–water partition coefficient (Wildman–Crippen LogP) is 6.49. The zero-order valence-corrected chi connectivity index (χ0v) is 19.9. The molecule has 198 valence electrons. The first-order valence-electron chi connectivity index (χ1n) is 11.9. The van der Waals surface area contributed by atoms with Crippen LogP contribution in [-0.2, 0) is 11.2 Å². The van der Waals surface area contributed by atoms with Gasteiger partial charge in [-0.2, -0.15) is 4.98 Å². The summed E-state index contributed by atoms with van der Waals surface area (Å²) in [6, 6.07) is 10.1. The van der Waals surface area contributed by atoms with Crippen molar-refractivity contribution in [2.45, 2.75) is 31.5 Å². The van der Waals surface area contributed by atoms with Crippen LogP contribution in [0.1, 0.15) is 30.0 Å². The monoisotopic (exact) mass is 538 g/mol. The van der Waals surface area contributed by atoms with Gasteiger partial charge in [0.1, 0.15) is 11.6 Å². The molecule has 39 heavy (non-hydrogen) atoms. The van der Waals surface area contributed by atoms with Crippen LogP contribution < -0.4 is 4.74 Å². The molecule has 3 aromatic heterocycles. The topological polar surface area (TPSA) is 114 Å². The van der Waals surface area contributed by atoms with Crippen LogP contribution in [0.3, 0.4) is 0 Å². The Labute approximate surface area is 217 Å². The van der Waals surface area contributed by atoms with Gasteiger partial charge < -0.3 is 19.4 Å². The molecule has 12 heteroatoms. The van der Waals surface area contributed by atoms with Crippen molar-refractivity contribution < 1.29 is 36.7 Å². The molecule has 1 aliphatic carbocycles. The van der Waals surface area contributed by atoms with Gasteiger partial charge in [0.25, 0.3) is 5.89 Å². The summed E-state index contributed by atoms with van der Waals surface area (Å²) in [5.41, 5.74) is 3.55. The Balaban J connectivity index is 1.38. The zero-order chi connectivity index (χ0) is 27.3. The molecule has 1 unspecified atom stereocenters. The smallest absolute Gasteiger partial charge is 0.481 e. The van der Waals surface area contributed by atoms with Gasteiger partial charge in [-0.1, -0.05) is 5.16 Å². The molecule has 2 aromatic carbocycles. The van der Waals surface area contributed by atoms with Crippen LogP contribution in [0, 0.1) is 5.82 Å². The van der Waals surface area contributed by atoms with Gasteiger partial charge in [-0.3, -0.25) is 9.78 Å². The van der Waals surface area contributed by atoms with E-state index in [1.165, 1.54) is 18.5 Å².